The normalized spacial score (nSPS) is 12.9. The number of fused-ring (bicyclic) bond motifs is 1. The summed E-state index contributed by atoms with van der Waals surface area (Å²) < 4.78 is 5.68. The molecule has 0 saturated carbocycles. The van der Waals surface area contributed by atoms with Crippen LogP contribution in [0, 0.1) is 6.92 Å². The molecular weight excluding hydrogens is 255 g/mol. The second-order valence-electron chi connectivity index (χ2n) is 6.13. The van der Waals surface area contributed by atoms with E-state index in [1.54, 1.807) is 33.8 Å². The van der Waals surface area contributed by atoms with Crippen LogP contribution in [0.15, 0.2) is 18.2 Å². The van der Waals surface area contributed by atoms with E-state index in [2.05, 4.69) is 10.2 Å². The minimum atomic E-state index is -1.13. The van der Waals surface area contributed by atoms with Crippen LogP contribution in [-0.2, 0) is 4.65 Å². The van der Waals surface area contributed by atoms with Gasteiger partial charge in [0.1, 0.15) is 0 Å². The molecule has 0 bridgehead atoms. The summed E-state index contributed by atoms with van der Waals surface area (Å²) in [6, 6.07) is 5.49. The van der Waals surface area contributed by atoms with Crippen LogP contribution in [0.2, 0.25) is 0 Å². The molecule has 108 valence electrons. The van der Waals surface area contributed by atoms with Crippen LogP contribution >= 0.6 is 0 Å². The molecular formula is C14H21BN2O3. The Morgan fingerprint density at radius 2 is 1.90 bits per heavy atom. The molecule has 1 heterocycles. The van der Waals surface area contributed by atoms with Crippen LogP contribution in [-0.4, -0.2) is 38.6 Å². The van der Waals surface area contributed by atoms with Gasteiger partial charge in [-0.1, -0.05) is 12.1 Å². The number of aryl methyl sites for hydroxylation is 1. The molecule has 0 aliphatic heterocycles. The zero-order chi connectivity index (χ0) is 15.1. The fourth-order valence-electron chi connectivity index (χ4n) is 1.95. The van der Waals surface area contributed by atoms with Crippen molar-refractivity contribution < 1.29 is 14.8 Å². The van der Waals surface area contributed by atoms with Gasteiger partial charge in [-0.2, -0.15) is 5.10 Å². The van der Waals surface area contributed by atoms with Gasteiger partial charge in [0.05, 0.1) is 16.7 Å². The van der Waals surface area contributed by atoms with Gasteiger partial charge in [0, 0.05) is 11.1 Å². The van der Waals surface area contributed by atoms with Crippen molar-refractivity contribution in [3.63, 3.8) is 0 Å². The Bertz CT molecular complexity index is 616. The first-order valence-corrected chi connectivity index (χ1v) is 6.65. The van der Waals surface area contributed by atoms with Crippen molar-refractivity contribution in [2.75, 3.05) is 0 Å². The van der Waals surface area contributed by atoms with E-state index in [4.69, 9.17) is 4.65 Å². The average Bonchev–Trinajstić information content (AvgIpc) is 2.69. The molecule has 0 spiro atoms. The lowest BCUT2D eigenvalue weighted by Crippen LogP contribution is -2.53. The molecule has 20 heavy (non-hydrogen) atoms. The Morgan fingerprint density at radius 3 is 2.50 bits per heavy atom. The molecule has 0 radical (unpaired) electrons. The maximum absolute atomic E-state index is 10.4. The van der Waals surface area contributed by atoms with Crippen molar-refractivity contribution in [3.8, 4) is 0 Å². The molecule has 1 aromatic carbocycles. The minimum Gasteiger partial charge on any atom is -0.423 e. The van der Waals surface area contributed by atoms with E-state index >= 15 is 0 Å². The maximum atomic E-state index is 10.4. The number of aromatic nitrogens is 2. The van der Waals surface area contributed by atoms with E-state index < -0.39 is 18.3 Å². The summed E-state index contributed by atoms with van der Waals surface area (Å²) >= 11 is 0. The number of hydrogen-bond acceptors (Lipinski definition) is 4. The molecule has 0 atom stereocenters. The summed E-state index contributed by atoms with van der Waals surface area (Å²) in [5.74, 6) is 0. The number of rotatable bonds is 4. The van der Waals surface area contributed by atoms with Crippen LogP contribution in [0.1, 0.15) is 33.4 Å². The zero-order valence-corrected chi connectivity index (χ0v) is 12.6. The van der Waals surface area contributed by atoms with Gasteiger partial charge in [0.15, 0.2) is 0 Å². The summed E-state index contributed by atoms with van der Waals surface area (Å²) in [6.45, 7) is 8.71. The smallest absolute Gasteiger partial charge is 0.423 e. The number of nitrogens with one attached hydrogen (secondary N) is 1. The van der Waals surface area contributed by atoms with Crippen molar-refractivity contribution in [1.82, 2.24) is 10.2 Å². The highest BCUT2D eigenvalue weighted by molar-refractivity contribution is 6.63. The topological polar surface area (TPSA) is 78.4 Å². The third-order valence-corrected chi connectivity index (χ3v) is 3.94. The zero-order valence-electron chi connectivity index (χ0n) is 12.6. The minimum absolute atomic E-state index is 0.645. The third kappa shape index (κ3) is 2.59. The highest BCUT2D eigenvalue weighted by Gasteiger charge is 2.40. The molecule has 0 saturated heterocycles. The van der Waals surface area contributed by atoms with Gasteiger partial charge in [-0.25, -0.2) is 0 Å². The predicted octanol–water partition coefficient (Wildman–Crippen LogP) is 1.12. The molecule has 0 aliphatic carbocycles. The van der Waals surface area contributed by atoms with Crippen LogP contribution in [0.4, 0.5) is 0 Å². The van der Waals surface area contributed by atoms with E-state index in [1.165, 1.54) is 0 Å². The molecule has 5 nitrogen and oxygen atoms in total. The Kier molecular flexibility index (Phi) is 3.66. The molecule has 0 unspecified atom stereocenters. The highest BCUT2D eigenvalue weighted by atomic mass is 16.5. The fourth-order valence-corrected chi connectivity index (χ4v) is 1.95. The lowest BCUT2D eigenvalue weighted by Gasteiger charge is -2.38. The molecule has 1 aromatic heterocycles. The molecule has 0 fully saturated rings. The first kappa shape index (κ1) is 15.0. The summed E-state index contributed by atoms with van der Waals surface area (Å²) in [7, 11) is -1.13. The standard InChI is InChI=1S/C14H21BN2O3/c1-9-12-10(7-6-8-11(12)17-16-9)15(19)20-14(4,5)13(2,3)18/h6-8,18-19H,1-5H3,(H,16,17). The maximum Gasteiger partial charge on any atom is 0.492 e. The number of benzene rings is 1. The second-order valence-corrected chi connectivity index (χ2v) is 6.13. The summed E-state index contributed by atoms with van der Waals surface area (Å²) in [5, 5.41) is 28.4. The number of aromatic amines is 1. The summed E-state index contributed by atoms with van der Waals surface area (Å²) in [6.07, 6.45) is 0. The largest absolute Gasteiger partial charge is 0.492 e. The Morgan fingerprint density at radius 1 is 1.25 bits per heavy atom. The van der Waals surface area contributed by atoms with Crippen molar-refractivity contribution >= 4 is 23.5 Å². The van der Waals surface area contributed by atoms with E-state index in [0.29, 0.717) is 5.46 Å². The Hall–Kier alpha value is -1.37. The second kappa shape index (κ2) is 4.88. The van der Waals surface area contributed by atoms with Gasteiger partial charge in [-0.05, 0) is 46.1 Å². The lowest BCUT2D eigenvalue weighted by atomic mass is 9.74. The average molecular weight is 276 g/mol. The molecule has 6 heteroatoms. The van der Waals surface area contributed by atoms with Crippen LogP contribution < -0.4 is 5.46 Å². The van der Waals surface area contributed by atoms with Gasteiger partial charge in [-0.3, -0.25) is 5.10 Å². The van der Waals surface area contributed by atoms with Gasteiger partial charge in [-0.15, -0.1) is 0 Å². The molecule has 2 rings (SSSR count). The van der Waals surface area contributed by atoms with Gasteiger partial charge in [0.2, 0.25) is 0 Å². The number of H-pyrrole nitrogens is 1. The predicted molar refractivity (Wildman–Crippen MR) is 79.9 cm³/mol. The Balaban J connectivity index is 2.37. The number of nitrogens with zero attached hydrogens (tertiary/aromatic N) is 1. The van der Waals surface area contributed by atoms with Crippen molar-refractivity contribution in [2.45, 2.75) is 45.8 Å². The van der Waals surface area contributed by atoms with Gasteiger partial charge >= 0.3 is 7.12 Å². The number of aliphatic hydroxyl groups is 1. The lowest BCUT2D eigenvalue weighted by molar-refractivity contribution is -0.0982. The fraction of sp³-hybridized carbons (Fsp3) is 0.500. The molecule has 0 amide bonds. The summed E-state index contributed by atoms with van der Waals surface area (Å²) in [4.78, 5) is 0. The number of hydrogen-bond donors (Lipinski definition) is 3. The SMILES string of the molecule is Cc1[nH]nc2cccc(B(O)OC(C)(C)C(C)(C)O)c12. The van der Waals surface area contributed by atoms with E-state index in [9.17, 15) is 10.1 Å². The molecule has 0 aliphatic rings. The quantitative estimate of drug-likeness (QED) is 0.731. The van der Waals surface area contributed by atoms with Crippen LogP contribution in [0.25, 0.3) is 10.9 Å². The first-order valence-electron chi connectivity index (χ1n) is 6.65. The molecule has 2 aromatic rings. The third-order valence-electron chi connectivity index (χ3n) is 3.94. The van der Waals surface area contributed by atoms with Crippen LogP contribution in [0.3, 0.4) is 0 Å². The van der Waals surface area contributed by atoms with Crippen LogP contribution in [0.5, 0.6) is 0 Å². The van der Waals surface area contributed by atoms with Gasteiger partial charge < -0.3 is 14.8 Å². The summed E-state index contributed by atoms with van der Waals surface area (Å²) in [5.41, 5.74) is 0.327. The first-order chi connectivity index (χ1) is 9.13. The van der Waals surface area contributed by atoms with E-state index in [1.807, 2.05) is 19.1 Å². The Labute approximate surface area is 119 Å². The van der Waals surface area contributed by atoms with E-state index in [-0.39, 0.29) is 0 Å². The molecule has 3 N–H and O–H groups in total. The van der Waals surface area contributed by atoms with Crippen molar-refractivity contribution in [2.24, 2.45) is 0 Å². The van der Waals surface area contributed by atoms with E-state index in [0.717, 1.165) is 16.6 Å². The van der Waals surface area contributed by atoms with Gasteiger partial charge in [0.25, 0.3) is 0 Å². The highest BCUT2D eigenvalue weighted by Crippen LogP contribution is 2.26. The monoisotopic (exact) mass is 276 g/mol. The van der Waals surface area contributed by atoms with Crippen molar-refractivity contribution in [1.29, 1.82) is 0 Å². The van der Waals surface area contributed by atoms with Crippen molar-refractivity contribution in [3.05, 3.63) is 23.9 Å².